The third-order valence-corrected chi connectivity index (χ3v) is 3.96. The fraction of sp³-hybridized carbons (Fsp3) is 0.286. The number of ether oxygens (including phenoxy) is 1. The van der Waals surface area contributed by atoms with E-state index in [1.807, 2.05) is 36.4 Å². The van der Waals surface area contributed by atoms with Gasteiger partial charge in [-0.25, -0.2) is 0 Å². The quantitative estimate of drug-likeness (QED) is 0.461. The number of hydrogen-bond acceptors (Lipinski definition) is 4. The highest BCUT2D eigenvalue weighted by Gasteiger charge is 2.24. The van der Waals surface area contributed by atoms with Crippen LogP contribution in [0, 0.1) is 0 Å². The van der Waals surface area contributed by atoms with Crippen LogP contribution in [-0.2, 0) is 11.3 Å². The third kappa shape index (κ3) is 2.88. The molecule has 1 fully saturated rings. The zero-order valence-electron chi connectivity index (χ0n) is 10.5. The van der Waals surface area contributed by atoms with Gasteiger partial charge in [0.2, 0.25) is 0 Å². The highest BCUT2D eigenvalue weighted by atomic mass is 32.2. The molecular weight excluding hydrogens is 258 g/mol. The Kier molecular flexibility index (Phi) is 3.66. The van der Waals surface area contributed by atoms with Crippen LogP contribution in [0.25, 0.3) is 11.4 Å². The van der Waals surface area contributed by atoms with Crippen LogP contribution >= 0.6 is 11.8 Å². The van der Waals surface area contributed by atoms with E-state index in [1.165, 1.54) is 0 Å². The van der Waals surface area contributed by atoms with E-state index in [0.717, 1.165) is 28.9 Å². The van der Waals surface area contributed by atoms with Gasteiger partial charge in [0, 0.05) is 17.9 Å². The molecule has 0 spiro atoms. The number of benzene rings is 1. The topological polar surface area (TPSA) is 43.2 Å². The summed E-state index contributed by atoms with van der Waals surface area (Å²) in [4.78, 5) is 0. The van der Waals surface area contributed by atoms with E-state index in [1.54, 1.807) is 11.8 Å². The van der Waals surface area contributed by atoms with Crippen LogP contribution in [0.3, 0.4) is 0 Å². The lowest BCUT2D eigenvalue weighted by Crippen LogP contribution is -2.01. The van der Waals surface area contributed by atoms with Crippen molar-refractivity contribution in [2.75, 3.05) is 12.4 Å². The molecule has 0 radical (unpaired) electrons. The molecular formula is C14H15N3OS. The Labute approximate surface area is 116 Å². The molecule has 98 valence electrons. The summed E-state index contributed by atoms with van der Waals surface area (Å²) in [7, 11) is 0. The Balaban J connectivity index is 1.88. The summed E-state index contributed by atoms with van der Waals surface area (Å²) in [6, 6.07) is 10.1. The van der Waals surface area contributed by atoms with E-state index < -0.39 is 0 Å². The molecule has 1 unspecified atom stereocenters. The minimum absolute atomic E-state index is 0.388. The highest BCUT2D eigenvalue weighted by molar-refractivity contribution is 7.99. The molecule has 0 amide bonds. The number of hydrogen-bond donors (Lipinski definition) is 0. The maximum Gasteiger partial charge on any atom is 0.191 e. The number of rotatable bonds is 6. The molecule has 1 aromatic heterocycles. The Morgan fingerprint density at radius 1 is 1.37 bits per heavy atom. The lowest BCUT2D eigenvalue weighted by molar-refractivity contribution is 0.426. The molecule has 2 aromatic rings. The van der Waals surface area contributed by atoms with Crippen molar-refractivity contribution >= 4 is 11.8 Å². The lowest BCUT2D eigenvalue weighted by atomic mass is 10.2. The molecule has 1 aliphatic rings. The minimum Gasteiger partial charge on any atom is -0.372 e. The van der Waals surface area contributed by atoms with Crippen LogP contribution in [0.4, 0.5) is 0 Å². The van der Waals surface area contributed by atoms with Gasteiger partial charge in [-0.1, -0.05) is 48.2 Å². The van der Waals surface area contributed by atoms with Crippen LogP contribution in [0.15, 0.2) is 48.1 Å². The molecule has 4 nitrogen and oxygen atoms in total. The molecule has 1 aliphatic heterocycles. The Hall–Kier alpha value is -1.59. The summed E-state index contributed by atoms with van der Waals surface area (Å²) in [6.45, 7) is 5.39. The van der Waals surface area contributed by atoms with Gasteiger partial charge in [-0.2, -0.15) is 0 Å². The van der Waals surface area contributed by atoms with E-state index in [2.05, 4.69) is 21.3 Å². The molecule has 0 bridgehead atoms. The van der Waals surface area contributed by atoms with Gasteiger partial charge in [0.05, 0.1) is 12.7 Å². The van der Waals surface area contributed by atoms with Gasteiger partial charge >= 0.3 is 0 Å². The molecule has 2 heterocycles. The van der Waals surface area contributed by atoms with Crippen LogP contribution in [0.2, 0.25) is 0 Å². The van der Waals surface area contributed by atoms with Crippen molar-refractivity contribution in [3.05, 3.63) is 43.0 Å². The SMILES string of the molecule is C=CCn1c(SCC2CO2)nnc1-c1ccccc1. The first-order valence-electron chi connectivity index (χ1n) is 6.22. The van der Waals surface area contributed by atoms with Crippen molar-refractivity contribution in [2.24, 2.45) is 0 Å². The Bertz CT molecular complexity index is 563. The molecule has 1 aromatic carbocycles. The van der Waals surface area contributed by atoms with Gasteiger partial charge in [-0.15, -0.1) is 16.8 Å². The molecule has 0 aliphatic carbocycles. The minimum atomic E-state index is 0.388. The van der Waals surface area contributed by atoms with Gasteiger partial charge in [0.1, 0.15) is 0 Å². The zero-order valence-corrected chi connectivity index (χ0v) is 11.3. The first-order valence-corrected chi connectivity index (χ1v) is 7.21. The molecule has 19 heavy (non-hydrogen) atoms. The standard InChI is InChI=1S/C14H15N3OS/c1-2-8-17-13(11-6-4-3-5-7-11)15-16-14(17)19-10-12-9-18-12/h2-7,12H,1,8-10H2. The Morgan fingerprint density at radius 2 is 2.16 bits per heavy atom. The van der Waals surface area contributed by atoms with Crippen molar-refractivity contribution in [1.82, 2.24) is 14.8 Å². The maximum atomic E-state index is 5.22. The molecule has 1 atom stereocenters. The Morgan fingerprint density at radius 3 is 2.84 bits per heavy atom. The molecule has 3 rings (SSSR count). The second kappa shape index (κ2) is 5.59. The highest BCUT2D eigenvalue weighted by Crippen LogP contribution is 2.26. The van der Waals surface area contributed by atoms with Crippen molar-refractivity contribution in [3.63, 3.8) is 0 Å². The average molecular weight is 273 g/mol. The smallest absolute Gasteiger partial charge is 0.191 e. The summed E-state index contributed by atoms with van der Waals surface area (Å²) < 4.78 is 7.32. The molecule has 0 N–H and O–H groups in total. The summed E-state index contributed by atoms with van der Waals surface area (Å²) in [5.41, 5.74) is 1.08. The van der Waals surface area contributed by atoms with Gasteiger partial charge in [0.15, 0.2) is 11.0 Å². The first-order chi connectivity index (χ1) is 9.38. The molecule has 5 heteroatoms. The number of nitrogens with zero attached hydrogens (tertiary/aromatic N) is 3. The normalized spacial score (nSPS) is 17.4. The zero-order chi connectivity index (χ0) is 13.1. The van der Waals surface area contributed by atoms with Crippen molar-refractivity contribution in [1.29, 1.82) is 0 Å². The maximum absolute atomic E-state index is 5.22. The number of thioether (sulfide) groups is 1. The second-order valence-electron chi connectivity index (χ2n) is 4.34. The van der Waals surface area contributed by atoms with Crippen LogP contribution < -0.4 is 0 Å². The summed E-state index contributed by atoms with van der Waals surface area (Å²) in [5.74, 6) is 1.82. The van der Waals surface area contributed by atoms with Gasteiger partial charge in [-0.3, -0.25) is 4.57 Å². The monoisotopic (exact) mass is 273 g/mol. The number of allylic oxidation sites excluding steroid dienone is 1. The number of aromatic nitrogens is 3. The third-order valence-electron chi connectivity index (χ3n) is 2.86. The van der Waals surface area contributed by atoms with E-state index in [0.29, 0.717) is 12.6 Å². The van der Waals surface area contributed by atoms with Crippen molar-refractivity contribution in [3.8, 4) is 11.4 Å². The predicted molar refractivity (Wildman–Crippen MR) is 76.1 cm³/mol. The summed E-state index contributed by atoms with van der Waals surface area (Å²) in [6.07, 6.45) is 2.26. The second-order valence-corrected chi connectivity index (χ2v) is 5.32. The first kappa shape index (κ1) is 12.4. The van der Waals surface area contributed by atoms with E-state index >= 15 is 0 Å². The van der Waals surface area contributed by atoms with E-state index in [-0.39, 0.29) is 0 Å². The average Bonchev–Trinajstić information content (AvgIpc) is 3.20. The fourth-order valence-electron chi connectivity index (χ4n) is 1.82. The fourth-order valence-corrected chi connectivity index (χ4v) is 2.76. The van der Waals surface area contributed by atoms with Crippen molar-refractivity contribution < 1.29 is 4.74 Å². The van der Waals surface area contributed by atoms with Gasteiger partial charge in [-0.05, 0) is 0 Å². The summed E-state index contributed by atoms with van der Waals surface area (Å²) in [5, 5.41) is 9.52. The van der Waals surface area contributed by atoms with E-state index in [4.69, 9.17) is 4.74 Å². The summed E-state index contributed by atoms with van der Waals surface area (Å²) >= 11 is 1.69. The van der Waals surface area contributed by atoms with Crippen LogP contribution in [0.5, 0.6) is 0 Å². The molecule has 0 saturated carbocycles. The lowest BCUT2D eigenvalue weighted by Gasteiger charge is -2.06. The van der Waals surface area contributed by atoms with E-state index in [9.17, 15) is 0 Å². The molecule has 1 saturated heterocycles. The van der Waals surface area contributed by atoms with Gasteiger partial charge in [0.25, 0.3) is 0 Å². The number of epoxide rings is 1. The predicted octanol–water partition coefficient (Wildman–Crippen LogP) is 2.62. The largest absolute Gasteiger partial charge is 0.372 e. The van der Waals surface area contributed by atoms with Crippen LogP contribution in [-0.4, -0.2) is 33.2 Å². The van der Waals surface area contributed by atoms with Crippen molar-refractivity contribution in [2.45, 2.75) is 17.8 Å². The van der Waals surface area contributed by atoms with Crippen LogP contribution in [0.1, 0.15) is 0 Å². The van der Waals surface area contributed by atoms with Gasteiger partial charge < -0.3 is 4.74 Å².